The standard InChI is InChI=1S/C20H28O/c1-18(2,3)14-8-9-15(19(4,5)6)16-13(14)12-20(17(16)21)10-7-11-20/h8-9H,7,10-12H2,1-6H3. The summed E-state index contributed by atoms with van der Waals surface area (Å²) in [4.78, 5) is 13.1. The van der Waals surface area contributed by atoms with Crippen LogP contribution in [0.5, 0.6) is 0 Å². The average molecular weight is 284 g/mol. The number of ketones is 1. The molecule has 1 nitrogen and oxygen atoms in total. The number of rotatable bonds is 0. The van der Waals surface area contributed by atoms with E-state index >= 15 is 0 Å². The van der Waals surface area contributed by atoms with E-state index in [1.165, 1.54) is 23.1 Å². The molecule has 21 heavy (non-hydrogen) atoms. The number of Topliss-reactive ketones (excluding diaryl/α,β-unsaturated/α-hetero) is 1. The first kappa shape index (κ1) is 14.8. The third kappa shape index (κ3) is 2.08. The number of benzene rings is 1. The highest BCUT2D eigenvalue weighted by Crippen LogP contribution is 2.54. The molecule has 0 aliphatic heterocycles. The summed E-state index contributed by atoms with van der Waals surface area (Å²) in [5, 5.41) is 0. The molecule has 0 radical (unpaired) electrons. The molecule has 0 amide bonds. The van der Waals surface area contributed by atoms with E-state index in [1.54, 1.807) is 0 Å². The van der Waals surface area contributed by atoms with Crippen LogP contribution in [-0.4, -0.2) is 5.78 Å². The van der Waals surface area contributed by atoms with Gasteiger partial charge in [-0.15, -0.1) is 0 Å². The third-order valence-corrected chi connectivity index (χ3v) is 5.46. The number of carbonyl (C=O) groups excluding carboxylic acids is 1. The predicted molar refractivity (Wildman–Crippen MR) is 88.2 cm³/mol. The van der Waals surface area contributed by atoms with E-state index in [0.717, 1.165) is 24.8 Å². The van der Waals surface area contributed by atoms with Crippen LogP contribution in [0.15, 0.2) is 12.1 Å². The highest BCUT2D eigenvalue weighted by atomic mass is 16.1. The molecule has 0 N–H and O–H groups in total. The summed E-state index contributed by atoms with van der Waals surface area (Å²) in [5.74, 6) is 0.444. The molecule has 1 aromatic carbocycles. The van der Waals surface area contributed by atoms with Gasteiger partial charge in [-0.3, -0.25) is 4.79 Å². The summed E-state index contributed by atoms with van der Waals surface area (Å²) in [6.45, 7) is 13.4. The predicted octanol–water partition coefficient (Wildman–Crippen LogP) is 5.19. The molecular formula is C20H28O. The van der Waals surface area contributed by atoms with Gasteiger partial charge in [-0.1, -0.05) is 60.1 Å². The summed E-state index contributed by atoms with van der Waals surface area (Å²) in [6, 6.07) is 4.50. The van der Waals surface area contributed by atoms with Crippen molar-refractivity contribution in [1.82, 2.24) is 0 Å². The van der Waals surface area contributed by atoms with Crippen LogP contribution in [0.4, 0.5) is 0 Å². The van der Waals surface area contributed by atoms with Gasteiger partial charge in [-0.25, -0.2) is 0 Å². The summed E-state index contributed by atoms with van der Waals surface area (Å²) in [6.07, 6.45) is 4.38. The zero-order valence-electron chi connectivity index (χ0n) is 14.4. The molecule has 1 fully saturated rings. The van der Waals surface area contributed by atoms with Gasteiger partial charge >= 0.3 is 0 Å². The Labute approximate surface area is 129 Å². The summed E-state index contributed by atoms with van der Waals surface area (Å²) in [7, 11) is 0. The summed E-state index contributed by atoms with van der Waals surface area (Å²) < 4.78 is 0. The zero-order valence-corrected chi connectivity index (χ0v) is 14.4. The molecule has 0 heterocycles. The third-order valence-electron chi connectivity index (χ3n) is 5.46. The van der Waals surface area contributed by atoms with Crippen LogP contribution < -0.4 is 0 Å². The first-order chi connectivity index (χ1) is 9.56. The molecule has 1 spiro atoms. The highest BCUT2D eigenvalue weighted by molar-refractivity contribution is 6.07. The Morgan fingerprint density at radius 3 is 1.86 bits per heavy atom. The molecular weight excluding hydrogens is 256 g/mol. The van der Waals surface area contributed by atoms with Crippen LogP contribution in [0.2, 0.25) is 0 Å². The van der Waals surface area contributed by atoms with Crippen molar-refractivity contribution in [3.05, 3.63) is 34.4 Å². The minimum absolute atomic E-state index is 0.0332. The molecule has 0 unspecified atom stereocenters. The van der Waals surface area contributed by atoms with Crippen molar-refractivity contribution in [3.63, 3.8) is 0 Å². The second kappa shape index (κ2) is 4.21. The highest BCUT2D eigenvalue weighted by Gasteiger charge is 2.52. The fourth-order valence-corrected chi connectivity index (χ4v) is 4.11. The fraction of sp³-hybridized carbons (Fsp3) is 0.650. The van der Waals surface area contributed by atoms with E-state index in [2.05, 4.69) is 53.7 Å². The number of fused-ring (bicyclic) bond motifs is 1. The van der Waals surface area contributed by atoms with Crippen molar-refractivity contribution in [3.8, 4) is 0 Å². The zero-order chi connectivity index (χ0) is 15.6. The fourth-order valence-electron chi connectivity index (χ4n) is 4.11. The molecule has 0 atom stereocenters. The van der Waals surface area contributed by atoms with Gasteiger partial charge in [0.15, 0.2) is 5.78 Å². The molecule has 1 heteroatoms. The second-order valence-corrected chi connectivity index (χ2v) is 9.15. The molecule has 2 aliphatic carbocycles. The van der Waals surface area contributed by atoms with Crippen molar-refractivity contribution in [2.45, 2.75) is 78.1 Å². The Morgan fingerprint density at radius 2 is 1.43 bits per heavy atom. The Kier molecular flexibility index (Phi) is 2.97. The lowest BCUT2D eigenvalue weighted by atomic mass is 9.65. The van der Waals surface area contributed by atoms with Crippen molar-refractivity contribution in [1.29, 1.82) is 0 Å². The minimum atomic E-state index is -0.0380. The van der Waals surface area contributed by atoms with Gasteiger partial charge in [0.25, 0.3) is 0 Å². The van der Waals surface area contributed by atoms with Gasteiger partial charge in [0, 0.05) is 11.0 Å². The van der Waals surface area contributed by atoms with E-state index in [0.29, 0.717) is 5.78 Å². The van der Waals surface area contributed by atoms with Crippen molar-refractivity contribution < 1.29 is 4.79 Å². The molecule has 1 aromatic rings. The Morgan fingerprint density at radius 1 is 0.905 bits per heavy atom. The number of carbonyl (C=O) groups is 1. The van der Waals surface area contributed by atoms with Crippen LogP contribution in [0.1, 0.15) is 87.9 Å². The molecule has 0 aromatic heterocycles. The van der Waals surface area contributed by atoms with Gasteiger partial charge in [0.1, 0.15) is 0 Å². The van der Waals surface area contributed by atoms with Gasteiger partial charge in [0.2, 0.25) is 0 Å². The van der Waals surface area contributed by atoms with E-state index in [9.17, 15) is 4.79 Å². The van der Waals surface area contributed by atoms with E-state index < -0.39 is 0 Å². The largest absolute Gasteiger partial charge is 0.294 e. The first-order valence-electron chi connectivity index (χ1n) is 8.28. The lowest BCUT2D eigenvalue weighted by Crippen LogP contribution is -2.35. The molecule has 3 rings (SSSR count). The first-order valence-corrected chi connectivity index (χ1v) is 8.28. The topological polar surface area (TPSA) is 17.1 Å². The lowest BCUT2D eigenvalue weighted by molar-refractivity contribution is 0.0653. The maximum atomic E-state index is 13.1. The van der Waals surface area contributed by atoms with Gasteiger partial charge in [-0.2, -0.15) is 0 Å². The van der Waals surface area contributed by atoms with Crippen LogP contribution in [0.25, 0.3) is 0 Å². The van der Waals surface area contributed by atoms with E-state index in [-0.39, 0.29) is 16.2 Å². The Bertz CT molecular complexity index is 604. The molecule has 1 saturated carbocycles. The quantitative estimate of drug-likeness (QED) is 0.640. The van der Waals surface area contributed by atoms with Crippen LogP contribution in [-0.2, 0) is 17.3 Å². The minimum Gasteiger partial charge on any atom is -0.294 e. The lowest BCUT2D eigenvalue weighted by Gasteiger charge is -2.36. The SMILES string of the molecule is CC(C)(C)c1ccc(C(C)(C)C)c2c1CC1(CCC1)C2=O. The summed E-state index contributed by atoms with van der Waals surface area (Å²) >= 11 is 0. The van der Waals surface area contributed by atoms with E-state index in [4.69, 9.17) is 0 Å². The molecule has 0 bridgehead atoms. The van der Waals surface area contributed by atoms with Gasteiger partial charge in [-0.05, 0) is 46.8 Å². The van der Waals surface area contributed by atoms with Crippen molar-refractivity contribution in [2.24, 2.45) is 5.41 Å². The van der Waals surface area contributed by atoms with Crippen molar-refractivity contribution >= 4 is 5.78 Å². The summed E-state index contributed by atoms with van der Waals surface area (Å²) in [5.41, 5.74) is 5.17. The molecule has 0 saturated heterocycles. The maximum Gasteiger partial charge on any atom is 0.169 e. The van der Waals surface area contributed by atoms with Gasteiger partial charge < -0.3 is 0 Å². The number of hydrogen-bond donors (Lipinski definition) is 0. The second-order valence-electron chi connectivity index (χ2n) is 9.15. The number of hydrogen-bond acceptors (Lipinski definition) is 1. The van der Waals surface area contributed by atoms with E-state index in [1.807, 2.05) is 0 Å². The maximum absolute atomic E-state index is 13.1. The average Bonchev–Trinajstić information content (AvgIpc) is 2.59. The molecule has 2 aliphatic rings. The molecule has 114 valence electrons. The van der Waals surface area contributed by atoms with Crippen LogP contribution in [0.3, 0.4) is 0 Å². The van der Waals surface area contributed by atoms with Crippen LogP contribution >= 0.6 is 0 Å². The Balaban J connectivity index is 2.25. The normalized spacial score (nSPS) is 20.6. The smallest absolute Gasteiger partial charge is 0.169 e. The Hall–Kier alpha value is -1.11. The monoisotopic (exact) mass is 284 g/mol. The van der Waals surface area contributed by atoms with Crippen molar-refractivity contribution in [2.75, 3.05) is 0 Å². The van der Waals surface area contributed by atoms with Gasteiger partial charge in [0.05, 0.1) is 0 Å². The van der Waals surface area contributed by atoms with Crippen LogP contribution in [0, 0.1) is 5.41 Å².